The molecule has 0 radical (unpaired) electrons. The second-order valence-corrected chi connectivity index (χ2v) is 5.07. The lowest BCUT2D eigenvalue weighted by molar-refractivity contribution is 0.0953. The van der Waals surface area contributed by atoms with Crippen LogP contribution >= 0.6 is 0 Å². The summed E-state index contributed by atoms with van der Waals surface area (Å²) in [6.07, 6.45) is 3.75. The normalized spacial score (nSPS) is 10.2. The van der Waals surface area contributed by atoms with Gasteiger partial charge in [-0.3, -0.25) is 4.79 Å². The summed E-state index contributed by atoms with van der Waals surface area (Å²) in [5.41, 5.74) is 1.56. The van der Waals surface area contributed by atoms with Gasteiger partial charge in [0.05, 0.1) is 19.3 Å². The van der Waals surface area contributed by atoms with Crippen molar-refractivity contribution < 1.29 is 14.3 Å². The third-order valence-corrected chi connectivity index (χ3v) is 3.36. The van der Waals surface area contributed by atoms with Gasteiger partial charge in [-0.2, -0.15) is 0 Å². The van der Waals surface area contributed by atoms with Gasteiger partial charge in [0.1, 0.15) is 5.75 Å². The molecule has 1 aromatic heterocycles. The molecular weight excluding hydrogens is 308 g/mol. The van der Waals surface area contributed by atoms with E-state index in [4.69, 9.17) is 9.47 Å². The van der Waals surface area contributed by atoms with E-state index in [9.17, 15) is 4.79 Å². The van der Waals surface area contributed by atoms with Crippen molar-refractivity contribution in [3.63, 3.8) is 0 Å². The van der Waals surface area contributed by atoms with E-state index in [1.165, 1.54) is 12.4 Å². The maximum absolute atomic E-state index is 12.1. The molecule has 0 spiro atoms. The summed E-state index contributed by atoms with van der Waals surface area (Å²) in [5, 5.41) is 5.85. The molecule has 1 amide bonds. The number of ether oxygens (including phenoxy) is 2. The van der Waals surface area contributed by atoms with Crippen molar-refractivity contribution in [1.29, 1.82) is 0 Å². The number of methoxy groups -OCH3 is 2. The Morgan fingerprint density at radius 3 is 2.42 bits per heavy atom. The zero-order valence-corrected chi connectivity index (χ0v) is 13.9. The average molecular weight is 330 g/mol. The van der Waals surface area contributed by atoms with Gasteiger partial charge in [-0.1, -0.05) is 12.1 Å². The van der Waals surface area contributed by atoms with Gasteiger partial charge in [0.25, 0.3) is 5.91 Å². The lowest BCUT2D eigenvalue weighted by atomic mass is 10.1. The third kappa shape index (κ3) is 5.51. The van der Waals surface area contributed by atoms with Crippen molar-refractivity contribution >= 4 is 11.9 Å². The van der Waals surface area contributed by atoms with Crippen molar-refractivity contribution in [1.82, 2.24) is 15.3 Å². The molecule has 0 aliphatic carbocycles. The molecule has 0 saturated carbocycles. The van der Waals surface area contributed by atoms with Gasteiger partial charge >= 0.3 is 0 Å². The Morgan fingerprint density at radius 1 is 1.08 bits per heavy atom. The summed E-state index contributed by atoms with van der Waals surface area (Å²) in [6.45, 7) is 1.72. The van der Waals surface area contributed by atoms with E-state index in [1.807, 2.05) is 24.3 Å². The molecule has 0 atom stereocenters. The first kappa shape index (κ1) is 17.7. The highest BCUT2D eigenvalue weighted by Gasteiger charge is 2.06. The van der Waals surface area contributed by atoms with Crippen molar-refractivity contribution in [3.8, 4) is 5.75 Å². The summed E-state index contributed by atoms with van der Waals surface area (Å²) >= 11 is 0. The topological polar surface area (TPSA) is 85.4 Å². The van der Waals surface area contributed by atoms with Gasteiger partial charge in [0.15, 0.2) is 0 Å². The van der Waals surface area contributed by atoms with Crippen molar-refractivity contribution in [3.05, 3.63) is 47.8 Å². The number of rotatable bonds is 9. The van der Waals surface area contributed by atoms with Crippen LogP contribution in [-0.4, -0.2) is 49.8 Å². The van der Waals surface area contributed by atoms with Crippen molar-refractivity contribution in [2.45, 2.75) is 6.42 Å². The lowest BCUT2D eigenvalue weighted by Crippen LogP contribution is -2.26. The fraction of sp³-hybridized carbons (Fsp3) is 0.353. The smallest absolute Gasteiger partial charge is 0.254 e. The molecular formula is C17H22N4O3. The minimum atomic E-state index is -0.188. The number of hydrogen-bond acceptors (Lipinski definition) is 6. The van der Waals surface area contributed by atoms with E-state index in [0.29, 0.717) is 31.2 Å². The van der Waals surface area contributed by atoms with Crippen LogP contribution in [0.3, 0.4) is 0 Å². The number of nitrogens with zero attached hydrogens (tertiary/aromatic N) is 2. The van der Waals surface area contributed by atoms with Crippen LogP contribution in [0.2, 0.25) is 0 Å². The van der Waals surface area contributed by atoms with Gasteiger partial charge in [0.2, 0.25) is 5.95 Å². The summed E-state index contributed by atoms with van der Waals surface area (Å²) in [5.74, 6) is 1.10. The van der Waals surface area contributed by atoms with E-state index >= 15 is 0 Å². The highest BCUT2D eigenvalue weighted by atomic mass is 16.5. The summed E-state index contributed by atoms with van der Waals surface area (Å²) in [4.78, 5) is 20.3. The molecule has 7 heteroatoms. The van der Waals surface area contributed by atoms with Crippen LogP contribution in [0.1, 0.15) is 15.9 Å². The van der Waals surface area contributed by atoms with Crippen LogP contribution in [-0.2, 0) is 11.2 Å². The van der Waals surface area contributed by atoms with Crippen LogP contribution in [0.25, 0.3) is 0 Å². The Bertz CT molecular complexity index is 629. The molecule has 0 aliphatic rings. The highest BCUT2D eigenvalue weighted by Crippen LogP contribution is 2.11. The fourth-order valence-corrected chi connectivity index (χ4v) is 2.02. The summed E-state index contributed by atoms with van der Waals surface area (Å²) in [7, 11) is 3.26. The maximum Gasteiger partial charge on any atom is 0.254 e. The first-order valence-corrected chi connectivity index (χ1v) is 7.69. The molecule has 7 nitrogen and oxygen atoms in total. The van der Waals surface area contributed by atoms with Crippen molar-refractivity contribution in [2.75, 3.05) is 39.2 Å². The Labute approximate surface area is 141 Å². The molecule has 2 N–H and O–H groups in total. The Balaban J connectivity index is 1.77. The zero-order chi connectivity index (χ0) is 17.2. The molecule has 0 fully saturated rings. The lowest BCUT2D eigenvalue weighted by Gasteiger charge is -2.07. The van der Waals surface area contributed by atoms with Crippen LogP contribution in [0, 0.1) is 0 Å². The number of nitrogens with one attached hydrogen (secondary N) is 2. The predicted molar refractivity (Wildman–Crippen MR) is 91.4 cm³/mol. The molecule has 0 bridgehead atoms. The summed E-state index contributed by atoms with van der Waals surface area (Å²) < 4.78 is 10.0. The first-order chi connectivity index (χ1) is 11.7. The van der Waals surface area contributed by atoms with Gasteiger partial charge in [-0.25, -0.2) is 9.97 Å². The molecule has 0 unspecified atom stereocenters. The molecule has 0 aliphatic heterocycles. The number of anilines is 1. The van der Waals surface area contributed by atoms with Crippen LogP contribution in [0.4, 0.5) is 5.95 Å². The fourth-order valence-electron chi connectivity index (χ4n) is 2.02. The number of carbonyl (C=O) groups excluding carboxylic acids is 1. The van der Waals surface area contributed by atoms with Gasteiger partial charge in [-0.15, -0.1) is 0 Å². The number of aromatic nitrogens is 2. The Morgan fingerprint density at radius 2 is 1.79 bits per heavy atom. The average Bonchev–Trinajstić information content (AvgIpc) is 2.63. The standard InChI is InChI=1S/C17H22N4O3/c1-23-10-9-19-17-20-11-14(12-21-17)16(22)18-8-7-13-3-5-15(24-2)6-4-13/h3-6,11-12H,7-10H2,1-2H3,(H,18,22)(H,19,20,21). The van der Waals surface area contributed by atoms with Gasteiger partial charge < -0.3 is 20.1 Å². The molecule has 1 heterocycles. The molecule has 128 valence electrons. The van der Waals surface area contributed by atoms with Crippen LogP contribution in [0.15, 0.2) is 36.7 Å². The minimum Gasteiger partial charge on any atom is -0.497 e. The third-order valence-electron chi connectivity index (χ3n) is 3.36. The van der Waals surface area contributed by atoms with E-state index in [-0.39, 0.29) is 5.91 Å². The van der Waals surface area contributed by atoms with Gasteiger partial charge in [-0.05, 0) is 24.1 Å². The van der Waals surface area contributed by atoms with Crippen LogP contribution < -0.4 is 15.4 Å². The first-order valence-electron chi connectivity index (χ1n) is 7.69. The number of benzene rings is 1. The zero-order valence-electron chi connectivity index (χ0n) is 13.9. The molecule has 2 aromatic rings. The second-order valence-electron chi connectivity index (χ2n) is 5.07. The predicted octanol–water partition coefficient (Wildman–Crippen LogP) is 1.52. The second kappa shape index (κ2) is 9.46. The largest absolute Gasteiger partial charge is 0.497 e. The number of amides is 1. The number of hydrogen-bond donors (Lipinski definition) is 2. The summed E-state index contributed by atoms with van der Waals surface area (Å²) in [6, 6.07) is 7.77. The Hall–Kier alpha value is -2.67. The molecule has 2 rings (SSSR count). The van der Waals surface area contributed by atoms with E-state index < -0.39 is 0 Å². The number of carbonyl (C=O) groups is 1. The van der Waals surface area contributed by atoms with E-state index in [2.05, 4.69) is 20.6 Å². The van der Waals surface area contributed by atoms with E-state index in [1.54, 1.807) is 14.2 Å². The molecule has 0 saturated heterocycles. The van der Waals surface area contributed by atoms with E-state index in [0.717, 1.165) is 17.7 Å². The minimum absolute atomic E-state index is 0.188. The quantitative estimate of drug-likeness (QED) is 0.678. The highest BCUT2D eigenvalue weighted by molar-refractivity contribution is 5.93. The monoisotopic (exact) mass is 330 g/mol. The molecule has 24 heavy (non-hydrogen) atoms. The Kier molecular flexibility index (Phi) is 6.97. The molecule has 1 aromatic carbocycles. The van der Waals surface area contributed by atoms with Crippen molar-refractivity contribution in [2.24, 2.45) is 0 Å². The van der Waals surface area contributed by atoms with Crippen LogP contribution in [0.5, 0.6) is 5.75 Å². The SMILES string of the molecule is COCCNc1ncc(C(=O)NCCc2ccc(OC)cc2)cn1. The maximum atomic E-state index is 12.1. The van der Waals surface area contributed by atoms with Gasteiger partial charge in [0, 0.05) is 32.6 Å².